The Balaban J connectivity index is 1.55. The molecule has 1 aromatic carbocycles. The van der Waals surface area contributed by atoms with E-state index in [-0.39, 0.29) is 11.9 Å². The molecule has 2 unspecified atom stereocenters. The zero-order chi connectivity index (χ0) is 16.7. The van der Waals surface area contributed by atoms with Gasteiger partial charge in [0.25, 0.3) is 5.91 Å². The van der Waals surface area contributed by atoms with Gasteiger partial charge < -0.3 is 14.6 Å². The number of oxazole rings is 1. The van der Waals surface area contributed by atoms with Gasteiger partial charge in [-0.1, -0.05) is 18.2 Å². The van der Waals surface area contributed by atoms with E-state index in [9.17, 15) is 4.79 Å². The van der Waals surface area contributed by atoms with Gasteiger partial charge in [0, 0.05) is 30.7 Å². The number of amides is 1. The fraction of sp³-hybridized carbons (Fsp3) is 0.474. The quantitative estimate of drug-likeness (QED) is 0.942. The number of aromatic nitrogens is 1. The number of carbonyl (C=O) groups is 1. The summed E-state index contributed by atoms with van der Waals surface area (Å²) in [4.78, 5) is 19.2. The largest absolute Gasteiger partial charge is 0.431 e. The van der Waals surface area contributed by atoms with Crippen molar-refractivity contribution in [3.63, 3.8) is 0 Å². The minimum atomic E-state index is -0.0616. The van der Waals surface area contributed by atoms with Crippen LogP contribution in [0.25, 0.3) is 11.5 Å². The van der Waals surface area contributed by atoms with E-state index in [0.29, 0.717) is 29.4 Å². The molecule has 2 saturated heterocycles. The number of fused-ring (bicyclic) bond motifs is 2. The van der Waals surface area contributed by atoms with Crippen LogP contribution in [-0.2, 0) is 0 Å². The highest BCUT2D eigenvalue weighted by Gasteiger charge is 2.37. The van der Waals surface area contributed by atoms with E-state index < -0.39 is 0 Å². The summed E-state index contributed by atoms with van der Waals surface area (Å²) in [6.07, 6.45) is 4.50. The van der Waals surface area contributed by atoms with Crippen molar-refractivity contribution in [3.05, 3.63) is 41.8 Å². The summed E-state index contributed by atoms with van der Waals surface area (Å²) >= 11 is 0. The second kappa shape index (κ2) is 6.06. The number of aryl methyl sites for hydroxylation is 1. The van der Waals surface area contributed by atoms with Crippen molar-refractivity contribution < 1.29 is 9.21 Å². The van der Waals surface area contributed by atoms with Gasteiger partial charge in [-0.25, -0.2) is 4.98 Å². The van der Waals surface area contributed by atoms with Gasteiger partial charge in [0.1, 0.15) is 0 Å². The minimum Gasteiger partial charge on any atom is -0.431 e. The molecule has 126 valence electrons. The second-order valence-corrected chi connectivity index (χ2v) is 6.98. The maximum atomic E-state index is 12.9. The second-order valence-electron chi connectivity index (χ2n) is 6.98. The molecule has 0 spiro atoms. The maximum Gasteiger partial charge on any atom is 0.291 e. The van der Waals surface area contributed by atoms with Gasteiger partial charge in [0.05, 0.1) is 5.69 Å². The van der Waals surface area contributed by atoms with Crippen LogP contribution in [0.5, 0.6) is 0 Å². The Morgan fingerprint density at radius 1 is 1.21 bits per heavy atom. The van der Waals surface area contributed by atoms with Gasteiger partial charge >= 0.3 is 0 Å². The van der Waals surface area contributed by atoms with Gasteiger partial charge in [0.2, 0.25) is 11.7 Å². The molecule has 2 aliphatic heterocycles. The van der Waals surface area contributed by atoms with Crippen LogP contribution in [0.15, 0.2) is 34.7 Å². The highest BCUT2D eigenvalue weighted by Crippen LogP contribution is 2.30. The first-order chi connectivity index (χ1) is 11.6. The lowest BCUT2D eigenvalue weighted by molar-refractivity contribution is 0.0649. The molecule has 5 nitrogen and oxygen atoms in total. The number of piperidine rings is 1. The van der Waals surface area contributed by atoms with Gasteiger partial charge in [-0.2, -0.15) is 0 Å². The van der Waals surface area contributed by atoms with Crippen molar-refractivity contribution >= 4 is 5.91 Å². The molecule has 1 amide bonds. The van der Waals surface area contributed by atoms with Crippen LogP contribution in [0.1, 0.15) is 41.9 Å². The van der Waals surface area contributed by atoms with E-state index >= 15 is 0 Å². The SMILES string of the molecule is Cc1nc(-c2ccccc2)oc1C(=O)N(C)C1CC2CCC(C1)N2. The smallest absolute Gasteiger partial charge is 0.291 e. The van der Waals surface area contributed by atoms with E-state index in [1.807, 2.05) is 49.2 Å². The Labute approximate surface area is 142 Å². The third-order valence-electron chi connectivity index (χ3n) is 5.33. The first-order valence-electron chi connectivity index (χ1n) is 8.68. The summed E-state index contributed by atoms with van der Waals surface area (Å²) < 4.78 is 5.83. The summed E-state index contributed by atoms with van der Waals surface area (Å²) in [6.45, 7) is 1.84. The Hall–Kier alpha value is -2.14. The molecular formula is C19H23N3O2. The van der Waals surface area contributed by atoms with Crippen LogP contribution in [0.3, 0.4) is 0 Å². The molecule has 2 aromatic rings. The van der Waals surface area contributed by atoms with Crippen LogP contribution in [0.4, 0.5) is 0 Å². The van der Waals surface area contributed by atoms with E-state index in [1.165, 1.54) is 12.8 Å². The summed E-state index contributed by atoms with van der Waals surface area (Å²) in [5.41, 5.74) is 1.55. The standard InChI is InChI=1S/C19H23N3O2/c1-12-17(24-18(20-12)13-6-4-3-5-7-13)19(23)22(2)16-10-14-8-9-15(11-16)21-14/h3-7,14-16,21H,8-11H2,1-2H3. The topological polar surface area (TPSA) is 58.4 Å². The number of hydrogen-bond donors (Lipinski definition) is 1. The number of benzene rings is 1. The normalized spacial score (nSPS) is 25.7. The Bertz CT molecular complexity index is 728. The van der Waals surface area contributed by atoms with Crippen LogP contribution >= 0.6 is 0 Å². The highest BCUT2D eigenvalue weighted by molar-refractivity contribution is 5.93. The van der Waals surface area contributed by atoms with E-state index in [4.69, 9.17) is 4.42 Å². The van der Waals surface area contributed by atoms with Crippen molar-refractivity contribution in [1.29, 1.82) is 0 Å². The first-order valence-corrected chi connectivity index (χ1v) is 8.68. The van der Waals surface area contributed by atoms with Crippen molar-refractivity contribution in [1.82, 2.24) is 15.2 Å². The lowest BCUT2D eigenvalue weighted by atomic mass is 9.98. The van der Waals surface area contributed by atoms with E-state index in [1.54, 1.807) is 0 Å². The molecule has 4 rings (SSSR count). The summed E-state index contributed by atoms with van der Waals surface area (Å²) in [7, 11) is 1.89. The Morgan fingerprint density at radius 3 is 2.54 bits per heavy atom. The molecule has 3 heterocycles. The lowest BCUT2D eigenvalue weighted by Gasteiger charge is -2.35. The summed E-state index contributed by atoms with van der Waals surface area (Å²) in [6, 6.07) is 11.1. The van der Waals surface area contributed by atoms with Gasteiger partial charge in [-0.15, -0.1) is 0 Å². The molecule has 0 saturated carbocycles. The predicted molar refractivity (Wildman–Crippen MR) is 91.7 cm³/mol. The molecular weight excluding hydrogens is 302 g/mol. The van der Waals surface area contributed by atoms with Gasteiger partial charge in [0.15, 0.2) is 0 Å². The van der Waals surface area contributed by atoms with Crippen LogP contribution < -0.4 is 5.32 Å². The van der Waals surface area contributed by atoms with Crippen molar-refractivity contribution in [2.45, 2.75) is 50.7 Å². The van der Waals surface area contributed by atoms with Crippen LogP contribution in [0.2, 0.25) is 0 Å². The summed E-state index contributed by atoms with van der Waals surface area (Å²) in [5, 5.41) is 3.62. The molecule has 5 heteroatoms. The molecule has 2 atom stereocenters. The summed E-state index contributed by atoms with van der Waals surface area (Å²) in [5.74, 6) is 0.811. The zero-order valence-corrected chi connectivity index (χ0v) is 14.2. The van der Waals surface area contributed by atoms with E-state index in [0.717, 1.165) is 18.4 Å². The average Bonchev–Trinajstić information content (AvgIpc) is 3.16. The third-order valence-corrected chi connectivity index (χ3v) is 5.33. The molecule has 0 aliphatic carbocycles. The van der Waals surface area contributed by atoms with Gasteiger partial charge in [-0.3, -0.25) is 4.79 Å². The maximum absolute atomic E-state index is 12.9. The fourth-order valence-electron chi connectivity index (χ4n) is 3.97. The highest BCUT2D eigenvalue weighted by atomic mass is 16.4. The average molecular weight is 325 g/mol. The van der Waals surface area contributed by atoms with Crippen molar-refractivity contribution in [2.24, 2.45) is 0 Å². The number of carbonyl (C=O) groups excluding carboxylic acids is 1. The van der Waals surface area contributed by atoms with Gasteiger partial charge in [-0.05, 0) is 44.7 Å². The van der Waals surface area contributed by atoms with Crippen LogP contribution in [0, 0.1) is 6.92 Å². The Kier molecular flexibility index (Phi) is 3.88. The minimum absolute atomic E-state index is 0.0616. The number of hydrogen-bond acceptors (Lipinski definition) is 4. The monoisotopic (exact) mass is 325 g/mol. The molecule has 2 fully saturated rings. The van der Waals surface area contributed by atoms with E-state index in [2.05, 4.69) is 10.3 Å². The molecule has 2 bridgehead atoms. The molecule has 0 radical (unpaired) electrons. The molecule has 1 N–H and O–H groups in total. The number of nitrogens with one attached hydrogen (secondary N) is 1. The number of nitrogens with zero attached hydrogens (tertiary/aromatic N) is 2. The first kappa shape index (κ1) is 15.4. The predicted octanol–water partition coefficient (Wildman–Crippen LogP) is 3.01. The fourth-order valence-corrected chi connectivity index (χ4v) is 3.97. The molecule has 24 heavy (non-hydrogen) atoms. The Morgan fingerprint density at radius 2 is 1.88 bits per heavy atom. The zero-order valence-electron chi connectivity index (χ0n) is 14.2. The van der Waals surface area contributed by atoms with Crippen molar-refractivity contribution in [2.75, 3.05) is 7.05 Å². The third kappa shape index (κ3) is 2.73. The van der Waals surface area contributed by atoms with Crippen molar-refractivity contribution in [3.8, 4) is 11.5 Å². The molecule has 2 aliphatic rings. The lowest BCUT2D eigenvalue weighted by Crippen LogP contribution is -2.48. The van der Waals surface area contributed by atoms with Crippen LogP contribution in [-0.4, -0.2) is 41.0 Å². The number of rotatable bonds is 3. The molecule has 1 aromatic heterocycles.